The van der Waals surface area contributed by atoms with E-state index in [9.17, 15) is 0 Å². The number of rotatable bonds is 3. The smallest absolute Gasteiger partial charge is 0.0544 e. The monoisotopic (exact) mass is 261 g/mol. The van der Waals surface area contributed by atoms with E-state index in [0.29, 0.717) is 12.1 Å². The second-order valence-electron chi connectivity index (χ2n) is 5.86. The van der Waals surface area contributed by atoms with Crippen LogP contribution in [0.4, 0.5) is 5.69 Å². The summed E-state index contributed by atoms with van der Waals surface area (Å²) in [7, 11) is 4.28. The molecule has 0 radical (unpaired) electrons. The lowest BCUT2D eigenvalue weighted by molar-refractivity contribution is 0.328. The van der Waals surface area contributed by atoms with Gasteiger partial charge in [-0.15, -0.1) is 0 Å². The van der Waals surface area contributed by atoms with E-state index >= 15 is 0 Å². The number of likely N-dealkylation sites (N-methyl/N-ethyl adjacent to an activating group) is 2. The van der Waals surface area contributed by atoms with Crippen molar-refractivity contribution in [3.8, 4) is 0 Å². The molecule has 1 fully saturated rings. The van der Waals surface area contributed by atoms with Crippen LogP contribution < -0.4 is 10.2 Å². The number of aryl methyl sites for hydroxylation is 1. The molecule has 1 aromatic rings. The minimum atomic E-state index is 0.536. The molecule has 1 heterocycles. The fourth-order valence-corrected chi connectivity index (χ4v) is 3.10. The van der Waals surface area contributed by atoms with E-state index in [2.05, 4.69) is 60.3 Å². The van der Waals surface area contributed by atoms with Gasteiger partial charge in [0.1, 0.15) is 0 Å². The zero-order valence-electron chi connectivity index (χ0n) is 12.7. The first-order valence-corrected chi connectivity index (χ1v) is 7.30. The summed E-state index contributed by atoms with van der Waals surface area (Å²) in [6.45, 7) is 7.86. The third kappa shape index (κ3) is 3.48. The molecule has 3 nitrogen and oxygen atoms in total. The largest absolute Gasteiger partial charge is 0.363 e. The highest BCUT2D eigenvalue weighted by Gasteiger charge is 2.27. The van der Waals surface area contributed by atoms with Gasteiger partial charge >= 0.3 is 0 Å². The van der Waals surface area contributed by atoms with Gasteiger partial charge in [0.05, 0.1) is 6.04 Å². The van der Waals surface area contributed by atoms with Crippen LogP contribution in [0.25, 0.3) is 0 Å². The van der Waals surface area contributed by atoms with Crippen LogP contribution in [0, 0.1) is 6.92 Å². The normalized spacial score (nSPS) is 25.4. The van der Waals surface area contributed by atoms with Crippen LogP contribution in [0.1, 0.15) is 18.9 Å². The molecule has 0 spiro atoms. The lowest BCUT2D eigenvalue weighted by atomic mass is 10.1. The molecule has 2 unspecified atom stereocenters. The summed E-state index contributed by atoms with van der Waals surface area (Å²) in [5.41, 5.74) is 2.70. The molecular formula is C16H27N3. The Kier molecular flexibility index (Phi) is 4.83. The number of hydrogen-bond acceptors (Lipinski definition) is 3. The number of nitrogens with zero attached hydrogens (tertiary/aromatic N) is 2. The maximum atomic E-state index is 3.35. The van der Waals surface area contributed by atoms with Crippen molar-refractivity contribution in [2.45, 2.75) is 32.4 Å². The van der Waals surface area contributed by atoms with E-state index in [0.717, 1.165) is 13.1 Å². The van der Waals surface area contributed by atoms with E-state index in [1.165, 1.54) is 24.2 Å². The molecule has 0 aromatic heterocycles. The Bertz CT molecular complexity index is 405. The molecule has 1 aliphatic rings. The average Bonchev–Trinajstić information content (AvgIpc) is 2.49. The lowest BCUT2D eigenvalue weighted by Crippen LogP contribution is -2.49. The molecule has 2 atom stereocenters. The molecule has 0 amide bonds. The second-order valence-corrected chi connectivity index (χ2v) is 5.86. The van der Waals surface area contributed by atoms with Crippen molar-refractivity contribution in [2.75, 3.05) is 38.6 Å². The molecule has 106 valence electrons. The van der Waals surface area contributed by atoms with Gasteiger partial charge in [-0.3, -0.25) is 0 Å². The Hall–Kier alpha value is -1.06. The third-order valence-electron chi connectivity index (χ3n) is 4.06. The van der Waals surface area contributed by atoms with Gasteiger partial charge in [0.25, 0.3) is 0 Å². The fraction of sp³-hybridized carbons (Fsp3) is 0.625. The van der Waals surface area contributed by atoms with Gasteiger partial charge in [-0.1, -0.05) is 12.1 Å². The number of hydrogen-bond donors (Lipinski definition) is 1. The summed E-state index contributed by atoms with van der Waals surface area (Å²) < 4.78 is 0. The first-order chi connectivity index (χ1) is 9.11. The molecule has 0 bridgehead atoms. The Morgan fingerprint density at radius 2 is 2.16 bits per heavy atom. The van der Waals surface area contributed by atoms with E-state index in [1.54, 1.807) is 0 Å². The molecule has 3 heteroatoms. The molecule has 0 saturated carbocycles. The highest BCUT2D eigenvalue weighted by Crippen LogP contribution is 2.25. The van der Waals surface area contributed by atoms with Crippen molar-refractivity contribution < 1.29 is 0 Å². The average molecular weight is 261 g/mol. The van der Waals surface area contributed by atoms with Crippen molar-refractivity contribution in [3.05, 3.63) is 29.8 Å². The lowest BCUT2D eigenvalue weighted by Gasteiger charge is -2.37. The summed E-state index contributed by atoms with van der Waals surface area (Å²) in [6.07, 6.45) is 1.23. The Morgan fingerprint density at radius 1 is 1.37 bits per heavy atom. The number of anilines is 1. The minimum Gasteiger partial charge on any atom is -0.363 e. The predicted octanol–water partition coefficient (Wildman–Crippen LogP) is 2.11. The van der Waals surface area contributed by atoms with Gasteiger partial charge in [0.15, 0.2) is 0 Å². The topological polar surface area (TPSA) is 18.5 Å². The van der Waals surface area contributed by atoms with E-state index < -0.39 is 0 Å². The van der Waals surface area contributed by atoms with Gasteiger partial charge in [-0.05, 0) is 58.6 Å². The Morgan fingerprint density at radius 3 is 2.84 bits per heavy atom. The van der Waals surface area contributed by atoms with Gasteiger partial charge in [-0.25, -0.2) is 0 Å². The molecule has 1 N–H and O–H groups in total. The zero-order chi connectivity index (χ0) is 13.8. The van der Waals surface area contributed by atoms with Crippen molar-refractivity contribution in [3.63, 3.8) is 0 Å². The van der Waals surface area contributed by atoms with E-state index in [1.807, 2.05) is 7.05 Å². The molecule has 1 aromatic carbocycles. The van der Waals surface area contributed by atoms with Crippen molar-refractivity contribution >= 4 is 5.69 Å². The summed E-state index contributed by atoms with van der Waals surface area (Å²) in [5, 5.41) is 3.35. The standard InChI is InChI=1S/C16H27N3/c1-13-6-5-7-15(10-13)19-14(2)8-9-18(4)12-16(19)11-17-3/h5-7,10,14,16-17H,8-9,11-12H2,1-4H3. The quantitative estimate of drug-likeness (QED) is 0.899. The maximum Gasteiger partial charge on any atom is 0.0544 e. The van der Waals surface area contributed by atoms with Crippen LogP contribution >= 0.6 is 0 Å². The number of benzene rings is 1. The molecule has 1 saturated heterocycles. The van der Waals surface area contributed by atoms with Crippen LogP contribution in [0.5, 0.6) is 0 Å². The van der Waals surface area contributed by atoms with Gasteiger partial charge in [0.2, 0.25) is 0 Å². The highest BCUT2D eigenvalue weighted by molar-refractivity contribution is 5.50. The third-order valence-corrected chi connectivity index (χ3v) is 4.06. The molecular weight excluding hydrogens is 234 g/mol. The first kappa shape index (κ1) is 14.4. The minimum absolute atomic E-state index is 0.536. The first-order valence-electron chi connectivity index (χ1n) is 7.30. The van der Waals surface area contributed by atoms with Crippen LogP contribution in [-0.2, 0) is 0 Å². The SMILES string of the molecule is CNCC1CN(C)CCC(C)N1c1cccc(C)c1. The van der Waals surface area contributed by atoms with Gasteiger partial charge in [0, 0.05) is 24.8 Å². The molecule has 1 aliphatic heterocycles. The fourth-order valence-electron chi connectivity index (χ4n) is 3.10. The van der Waals surface area contributed by atoms with Crippen LogP contribution in [0.15, 0.2) is 24.3 Å². The second kappa shape index (κ2) is 6.40. The predicted molar refractivity (Wildman–Crippen MR) is 82.9 cm³/mol. The van der Waals surface area contributed by atoms with Gasteiger partial charge < -0.3 is 15.1 Å². The Balaban J connectivity index is 2.30. The van der Waals surface area contributed by atoms with Crippen LogP contribution in [-0.4, -0.2) is 50.7 Å². The highest BCUT2D eigenvalue weighted by atomic mass is 15.3. The maximum absolute atomic E-state index is 3.35. The molecule has 0 aliphatic carbocycles. The van der Waals surface area contributed by atoms with Crippen molar-refractivity contribution in [1.29, 1.82) is 0 Å². The summed E-state index contributed by atoms with van der Waals surface area (Å²) in [4.78, 5) is 5.06. The Labute approximate surface area is 117 Å². The van der Waals surface area contributed by atoms with Gasteiger partial charge in [-0.2, -0.15) is 0 Å². The molecule has 19 heavy (non-hydrogen) atoms. The summed E-state index contributed by atoms with van der Waals surface area (Å²) in [5.74, 6) is 0. The van der Waals surface area contributed by atoms with E-state index in [-0.39, 0.29) is 0 Å². The van der Waals surface area contributed by atoms with Crippen molar-refractivity contribution in [1.82, 2.24) is 10.2 Å². The summed E-state index contributed by atoms with van der Waals surface area (Å²) >= 11 is 0. The van der Waals surface area contributed by atoms with Crippen molar-refractivity contribution in [2.24, 2.45) is 0 Å². The zero-order valence-corrected chi connectivity index (χ0v) is 12.7. The molecule has 2 rings (SSSR count). The van der Waals surface area contributed by atoms with Crippen LogP contribution in [0.3, 0.4) is 0 Å². The van der Waals surface area contributed by atoms with Crippen LogP contribution in [0.2, 0.25) is 0 Å². The number of nitrogens with one attached hydrogen (secondary N) is 1. The summed E-state index contributed by atoms with van der Waals surface area (Å²) in [6, 6.07) is 10.0. The van der Waals surface area contributed by atoms with E-state index in [4.69, 9.17) is 0 Å².